The van der Waals surface area contributed by atoms with Gasteiger partial charge in [0.05, 0.1) is 16.8 Å². The highest BCUT2D eigenvalue weighted by Gasteiger charge is 2.42. The Morgan fingerprint density at radius 2 is 1.86 bits per heavy atom. The Bertz CT molecular complexity index is 999. The van der Waals surface area contributed by atoms with Gasteiger partial charge in [-0.2, -0.15) is 0 Å². The molecule has 29 heavy (non-hydrogen) atoms. The van der Waals surface area contributed by atoms with E-state index in [1.54, 1.807) is 12.1 Å². The van der Waals surface area contributed by atoms with Crippen LogP contribution in [0.3, 0.4) is 0 Å². The molecule has 0 radical (unpaired) electrons. The van der Waals surface area contributed by atoms with Gasteiger partial charge in [0.25, 0.3) is 5.69 Å². The van der Waals surface area contributed by atoms with Crippen molar-refractivity contribution in [3.63, 3.8) is 0 Å². The first kappa shape index (κ1) is 20.2. The average molecular weight is 394 g/mol. The second-order valence-electron chi connectivity index (χ2n) is 7.03. The molecule has 0 bridgehead atoms. The molecule has 0 spiro atoms. The lowest BCUT2D eigenvalue weighted by Crippen LogP contribution is -2.50. The summed E-state index contributed by atoms with van der Waals surface area (Å²) >= 11 is 0. The van der Waals surface area contributed by atoms with E-state index in [2.05, 4.69) is 9.97 Å². The molecule has 8 nitrogen and oxygen atoms in total. The predicted octanol–water partition coefficient (Wildman–Crippen LogP) is 3.54. The molecule has 0 aliphatic heterocycles. The molecule has 1 aromatic heterocycles. The van der Waals surface area contributed by atoms with E-state index in [1.807, 2.05) is 44.2 Å². The van der Waals surface area contributed by atoms with Gasteiger partial charge < -0.3 is 15.5 Å². The molecule has 0 aliphatic rings. The van der Waals surface area contributed by atoms with Crippen LogP contribution in [0.25, 0.3) is 11.4 Å². The van der Waals surface area contributed by atoms with E-state index in [-0.39, 0.29) is 18.2 Å². The van der Waals surface area contributed by atoms with Gasteiger partial charge in [0.2, 0.25) is 0 Å². The van der Waals surface area contributed by atoms with Crippen molar-refractivity contribution in [1.82, 2.24) is 9.97 Å². The molecule has 0 fully saturated rings. The van der Waals surface area contributed by atoms with E-state index in [9.17, 15) is 14.9 Å². The van der Waals surface area contributed by atoms with E-state index >= 15 is 0 Å². The number of nitrogens with zero attached hydrogens (tertiary/aromatic N) is 2. The topological polar surface area (TPSA) is 124 Å². The number of ether oxygens (including phenoxy) is 1. The number of aromatic nitrogens is 2. The normalized spacial score (nSPS) is 13.1. The minimum atomic E-state index is -1.42. The van der Waals surface area contributed by atoms with Gasteiger partial charge >= 0.3 is 5.97 Å². The summed E-state index contributed by atoms with van der Waals surface area (Å²) in [6.45, 7) is 3.78. The van der Waals surface area contributed by atoms with Crippen molar-refractivity contribution in [2.75, 3.05) is 0 Å². The maximum Gasteiger partial charge on any atom is 0.332 e. The highest BCUT2D eigenvalue weighted by molar-refractivity contribution is 5.82. The van der Waals surface area contributed by atoms with Crippen molar-refractivity contribution >= 4 is 11.7 Å². The molecule has 3 aromatic rings. The number of carbonyl (C=O) groups excluding carboxylic acids is 1. The molecular weight excluding hydrogens is 372 g/mol. The number of imidazole rings is 1. The first-order valence-electron chi connectivity index (χ1n) is 9.12. The molecule has 3 N–H and O–H groups in total. The summed E-state index contributed by atoms with van der Waals surface area (Å²) in [6.07, 6.45) is 1.50. The number of non-ortho nitro benzene ring substituents is 1. The summed E-state index contributed by atoms with van der Waals surface area (Å²) in [7, 11) is 0. The average Bonchev–Trinajstić information content (AvgIpc) is 3.22. The van der Waals surface area contributed by atoms with Crippen LogP contribution in [0, 0.1) is 16.0 Å². The number of nitro benzene ring substituents is 1. The fourth-order valence-electron chi connectivity index (χ4n) is 2.92. The van der Waals surface area contributed by atoms with Crippen molar-refractivity contribution in [1.29, 1.82) is 0 Å². The summed E-state index contributed by atoms with van der Waals surface area (Å²) in [5, 5.41) is 10.8. The van der Waals surface area contributed by atoms with Crippen LogP contribution in [0.1, 0.15) is 25.1 Å². The molecule has 0 saturated heterocycles. The number of H-pyrrole nitrogens is 1. The smallest absolute Gasteiger partial charge is 0.332 e. The van der Waals surface area contributed by atoms with E-state index in [4.69, 9.17) is 10.5 Å². The maximum atomic E-state index is 12.9. The lowest BCUT2D eigenvalue weighted by molar-refractivity contribution is -0.384. The number of carbonyl (C=O) groups is 1. The number of hydrogen-bond acceptors (Lipinski definition) is 6. The molecule has 2 aromatic carbocycles. The van der Waals surface area contributed by atoms with Gasteiger partial charge in [-0.25, -0.2) is 9.78 Å². The largest absolute Gasteiger partial charge is 0.459 e. The Kier molecular flexibility index (Phi) is 5.74. The van der Waals surface area contributed by atoms with Crippen LogP contribution in [0.15, 0.2) is 60.8 Å². The zero-order valence-corrected chi connectivity index (χ0v) is 16.2. The molecule has 150 valence electrons. The van der Waals surface area contributed by atoms with Gasteiger partial charge in [-0.1, -0.05) is 44.2 Å². The van der Waals surface area contributed by atoms with Crippen molar-refractivity contribution in [2.24, 2.45) is 11.7 Å². The fraction of sp³-hybridized carbons (Fsp3) is 0.238. The number of esters is 1. The van der Waals surface area contributed by atoms with Gasteiger partial charge in [-0.3, -0.25) is 10.1 Å². The van der Waals surface area contributed by atoms with Gasteiger partial charge in [0.1, 0.15) is 12.4 Å². The van der Waals surface area contributed by atoms with Crippen molar-refractivity contribution < 1.29 is 14.5 Å². The van der Waals surface area contributed by atoms with E-state index in [0.717, 1.165) is 5.56 Å². The zero-order valence-electron chi connectivity index (χ0n) is 16.2. The maximum absolute atomic E-state index is 12.9. The summed E-state index contributed by atoms with van der Waals surface area (Å²) < 4.78 is 5.48. The number of nitrogens with one attached hydrogen (secondary N) is 1. The molecule has 0 aliphatic carbocycles. The van der Waals surface area contributed by atoms with E-state index < -0.39 is 16.4 Å². The minimum absolute atomic E-state index is 0.0135. The third kappa shape index (κ3) is 4.17. The van der Waals surface area contributed by atoms with E-state index in [1.165, 1.54) is 18.3 Å². The molecule has 1 heterocycles. The summed E-state index contributed by atoms with van der Waals surface area (Å²) in [6, 6.07) is 15.3. The Balaban J connectivity index is 1.83. The fourth-order valence-corrected chi connectivity index (χ4v) is 2.92. The number of rotatable bonds is 7. The summed E-state index contributed by atoms with van der Waals surface area (Å²) in [5.41, 5.74) is 6.98. The molecule has 0 unspecified atom stereocenters. The number of nitro groups is 1. The third-order valence-electron chi connectivity index (χ3n) is 4.83. The minimum Gasteiger partial charge on any atom is -0.459 e. The quantitative estimate of drug-likeness (QED) is 0.359. The summed E-state index contributed by atoms with van der Waals surface area (Å²) in [4.78, 5) is 30.6. The van der Waals surface area contributed by atoms with Crippen LogP contribution >= 0.6 is 0 Å². The lowest BCUT2D eigenvalue weighted by atomic mass is 9.84. The second-order valence-corrected chi connectivity index (χ2v) is 7.03. The van der Waals surface area contributed by atoms with Gasteiger partial charge in [0.15, 0.2) is 5.54 Å². The Morgan fingerprint density at radius 1 is 1.21 bits per heavy atom. The standard InChI is InChI=1S/C21H22N4O4/c1-14(2)21(22,20(26)29-13-15-6-4-3-5-7-15)18-12-23-19(24-18)16-8-10-17(11-9-16)25(27)28/h3-12,14H,13,22H2,1-2H3,(H,23,24)/t21-/m0/s1. The zero-order chi connectivity index (χ0) is 21.0. The molecule has 0 amide bonds. The molecule has 1 atom stereocenters. The first-order chi connectivity index (χ1) is 13.8. The molecule has 3 rings (SSSR count). The van der Waals surface area contributed by atoms with Crippen LogP contribution < -0.4 is 5.73 Å². The number of benzene rings is 2. The number of hydrogen-bond donors (Lipinski definition) is 2. The Morgan fingerprint density at radius 3 is 2.45 bits per heavy atom. The highest BCUT2D eigenvalue weighted by Crippen LogP contribution is 2.30. The van der Waals surface area contributed by atoms with Crippen LogP contribution in [0.5, 0.6) is 0 Å². The molecular formula is C21H22N4O4. The van der Waals surface area contributed by atoms with Crippen LogP contribution in [-0.4, -0.2) is 20.9 Å². The van der Waals surface area contributed by atoms with Crippen molar-refractivity contribution in [3.05, 3.63) is 82.2 Å². The van der Waals surface area contributed by atoms with Gasteiger partial charge in [-0.15, -0.1) is 0 Å². The van der Waals surface area contributed by atoms with Crippen molar-refractivity contribution in [3.8, 4) is 11.4 Å². The van der Waals surface area contributed by atoms with Gasteiger partial charge in [0, 0.05) is 17.7 Å². The molecule has 8 heteroatoms. The summed E-state index contributed by atoms with van der Waals surface area (Å²) in [5.74, 6) is -0.368. The first-order valence-corrected chi connectivity index (χ1v) is 9.12. The Hall–Kier alpha value is -3.52. The SMILES string of the molecule is CC(C)[C@@](N)(C(=O)OCc1ccccc1)c1cnc(-c2ccc([N+](=O)[O-])cc2)[nH]1. The van der Waals surface area contributed by atoms with E-state index in [0.29, 0.717) is 17.1 Å². The lowest BCUT2D eigenvalue weighted by Gasteiger charge is -2.29. The number of aromatic amines is 1. The highest BCUT2D eigenvalue weighted by atomic mass is 16.6. The predicted molar refractivity (Wildman–Crippen MR) is 108 cm³/mol. The second kappa shape index (κ2) is 8.24. The van der Waals surface area contributed by atoms with Crippen LogP contribution in [0.4, 0.5) is 5.69 Å². The Labute approximate surface area is 167 Å². The molecule has 0 saturated carbocycles. The van der Waals surface area contributed by atoms with Crippen LogP contribution in [0.2, 0.25) is 0 Å². The number of nitrogens with two attached hydrogens (primary N) is 1. The van der Waals surface area contributed by atoms with Gasteiger partial charge in [-0.05, 0) is 23.6 Å². The monoisotopic (exact) mass is 394 g/mol. The third-order valence-corrected chi connectivity index (χ3v) is 4.83. The van der Waals surface area contributed by atoms with Crippen LogP contribution in [-0.2, 0) is 21.7 Å². The van der Waals surface area contributed by atoms with Crippen molar-refractivity contribution in [2.45, 2.75) is 26.0 Å².